The molecule has 2 heterocycles. The van der Waals surface area contributed by atoms with Crippen LogP contribution < -0.4 is 11.3 Å². The molecule has 0 radical (unpaired) electrons. The van der Waals surface area contributed by atoms with Gasteiger partial charge in [-0.3, -0.25) is 14.3 Å². The number of hydrogen-bond acceptors (Lipinski definition) is 4. The predicted octanol–water partition coefficient (Wildman–Crippen LogP) is 2.18. The first-order valence-corrected chi connectivity index (χ1v) is 6.79. The second kappa shape index (κ2) is 5.05. The van der Waals surface area contributed by atoms with Gasteiger partial charge in [0.15, 0.2) is 0 Å². The van der Waals surface area contributed by atoms with Gasteiger partial charge in [-0.05, 0) is 35.9 Å². The number of pyridine rings is 1. The molecule has 0 amide bonds. The first-order valence-electron chi connectivity index (χ1n) is 5.99. The Labute approximate surface area is 123 Å². The molecule has 0 saturated heterocycles. The van der Waals surface area contributed by atoms with Gasteiger partial charge < -0.3 is 5.73 Å². The Bertz CT molecular complexity index is 830. The van der Waals surface area contributed by atoms with Crippen molar-refractivity contribution in [2.75, 3.05) is 5.73 Å². The molecule has 5 nitrogen and oxygen atoms in total. The van der Waals surface area contributed by atoms with Crippen molar-refractivity contribution in [2.24, 2.45) is 0 Å². The average molecular weight is 331 g/mol. The highest BCUT2D eigenvalue weighted by Gasteiger charge is 2.09. The van der Waals surface area contributed by atoms with Crippen LogP contribution in [-0.2, 0) is 6.54 Å². The number of nitrogen functional groups attached to an aromatic ring is 1. The van der Waals surface area contributed by atoms with E-state index in [0.29, 0.717) is 17.4 Å². The van der Waals surface area contributed by atoms with Crippen LogP contribution in [0.15, 0.2) is 52.0 Å². The van der Waals surface area contributed by atoms with Gasteiger partial charge in [0.05, 0.1) is 17.4 Å². The van der Waals surface area contributed by atoms with Gasteiger partial charge in [-0.2, -0.15) is 0 Å². The molecule has 0 fully saturated rings. The topological polar surface area (TPSA) is 73.8 Å². The molecule has 0 saturated carbocycles. The van der Waals surface area contributed by atoms with Crippen molar-refractivity contribution < 1.29 is 0 Å². The Morgan fingerprint density at radius 2 is 1.95 bits per heavy atom. The number of nitrogens with two attached hydrogens (primary N) is 1. The van der Waals surface area contributed by atoms with E-state index in [0.717, 1.165) is 10.0 Å². The quantitative estimate of drug-likeness (QED) is 0.781. The molecule has 0 aliphatic rings. The van der Waals surface area contributed by atoms with E-state index < -0.39 is 0 Å². The summed E-state index contributed by atoms with van der Waals surface area (Å²) in [7, 11) is 0. The number of benzene rings is 1. The van der Waals surface area contributed by atoms with Gasteiger partial charge in [0.1, 0.15) is 0 Å². The molecule has 100 valence electrons. The zero-order valence-electron chi connectivity index (χ0n) is 10.5. The number of aromatic nitrogens is 3. The predicted molar refractivity (Wildman–Crippen MR) is 81.5 cm³/mol. The minimum atomic E-state index is -0.148. The molecule has 0 atom stereocenters. The summed E-state index contributed by atoms with van der Waals surface area (Å²) in [6, 6.07) is 9.05. The zero-order valence-corrected chi connectivity index (χ0v) is 12.0. The maximum absolute atomic E-state index is 12.5. The number of halogens is 1. The summed E-state index contributed by atoms with van der Waals surface area (Å²) in [6.45, 7) is 0.378. The lowest BCUT2D eigenvalue weighted by Crippen LogP contribution is -2.25. The Hall–Kier alpha value is -2.21. The third-order valence-corrected chi connectivity index (χ3v) is 3.53. The van der Waals surface area contributed by atoms with E-state index in [9.17, 15) is 4.79 Å². The molecule has 0 unspecified atom stereocenters. The number of fused-ring (bicyclic) bond motifs is 1. The largest absolute Gasteiger partial charge is 0.369 e. The summed E-state index contributed by atoms with van der Waals surface area (Å²) >= 11 is 3.36. The molecule has 0 bridgehead atoms. The first-order chi connectivity index (χ1) is 9.65. The van der Waals surface area contributed by atoms with Crippen LogP contribution in [0.5, 0.6) is 0 Å². The van der Waals surface area contributed by atoms with Crippen LogP contribution in [0.25, 0.3) is 10.9 Å². The van der Waals surface area contributed by atoms with E-state index in [1.54, 1.807) is 24.5 Å². The number of hydrogen-bond donors (Lipinski definition) is 1. The highest BCUT2D eigenvalue weighted by atomic mass is 79.9. The molecule has 6 heteroatoms. The minimum absolute atomic E-state index is 0.148. The molecule has 2 aromatic heterocycles. The summed E-state index contributed by atoms with van der Waals surface area (Å²) in [4.78, 5) is 20.7. The smallest absolute Gasteiger partial charge is 0.263 e. The molecule has 0 spiro atoms. The number of rotatable bonds is 2. The molecule has 0 aliphatic heterocycles. The minimum Gasteiger partial charge on any atom is -0.369 e. The third-order valence-electron chi connectivity index (χ3n) is 3.04. The summed E-state index contributed by atoms with van der Waals surface area (Å²) in [5, 5.41) is 0.544. The average Bonchev–Trinajstić information content (AvgIpc) is 2.46. The number of nitrogens with zero attached hydrogens (tertiary/aromatic N) is 3. The summed E-state index contributed by atoms with van der Waals surface area (Å²) in [5.74, 6) is 0.210. The lowest BCUT2D eigenvalue weighted by molar-refractivity contribution is 0.762. The van der Waals surface area contributed by atoms with Gasteiger partial charge in [-0.1, -0.05) is 15.9 Å². The maximum Gasteiger partial charge on any atom is 0.263 e. The van der Waals surface area contributed by atoms with E-state index in [1.807, 2.05) is 18.2 Å². The normalized spacial score (nSPS) is 10.8. The van der Waals surface area contributed by atoms with Gasteiger partial charge in [0.25, 0.3) is 5.56 Å². The van der Waals surface area contributed by atoms with Crippen molar-refractivity contribution in [2.45, 2.75) is 6.54 Å². The molecule has 20 heavy (non-hydrogen) atoms. The lowest BCUT2D eigenvalue weighted by atomic mass is 10.2. The van der Waals surface area contributed by atoms with Crippen molar-refractivity contribution in [3.05, 3.63) is 63.1 Å². The van der Waals surface area contributed by atoms with E-state index in [2.05, 4.69) is 25.9 Å². The van der Waals surface area contributed by atoms with Crippen molar-refractivity contribution in [1.29, 1.82) is 0 Å². The van der Waals surface area contributed by atoms with Crippen LogP contribution in [0.3, 0.4) is 0 Å². The Morgan fingerprint density at radius 1 is 1.20 bits per heavy atom. The second-order valence-electron chi connectivity index (χ2n) is 4.38. The number of anilines is 1. The van der Waals surface area contributed by atoms with Crippen LogP contribution in [0.4, 0.5) is 5.95 Å². The van der Waals surface area contributed by atoms with Gasteiger partial charge in [0, 0.05) is 16.9 Å². The fourth-order valence-corrected chi connectivity index (χ4v) is 2.39. The van der Waals surface area contributed by atoms with Crippen molar-refractivity contribution >= 4 is 32.8 Å². The first kappa shape index (κ1) is 12.8. The second-order valence-corrected chi connectivity index (χ2v) is 5.29. The van der Waals surface area contributed by atoms with Crippen LogP contribution in [0.2, 0.25) is 0 Å². The monoisotopic (exact) mass is 330 g/mol. The fraction of sp³-hybridized carbons (Fsp3) is 0.0714. The highest BCUT2D eigenvalue weighted by Crippen LogP contribution is 2.16. The summed E-state index contributed by atoms with van der Waals surface area (Å²) in [5.41, 5.74) is 7.30. The van der Waals surface area contributed by atoms with Gasteiger partial charge in [-0.15, -0.1) is 0 Å². The molecular formula is C14H11BrN4O. The van der Waals surface area contributed by atoms with Crippen molar-refractivity contribution in [3.8, 4) is 0 Å². The fourth-order valence-electron chi connectivity index (χ4n) is 2.03. The Kier molecular flexibility index (Phi) is 3.23. The SMILES string of the molecule is Nc1nc2ccc(Br)cc2c(=O)n1Cc1ccncc1. The van der Waals surface area contributed by atoms with E-state index in [1.165, 1.54) is 4.57 Å². The molecule has 0 aliphatic carbocycles. The standard InChI is InChI=1S/C14H11BrN4O/c15-10-1-2-12-11(7-10)13(20)19(14(16)18-12)8-9-3-5-17-6-4-9/h1-7H,8H2,(H2,16,18). The highest BCUT2D eigenvalue weighted by molar-refractivity contribution is 9.10. The Balaban J connectivity index is 2.18. The maximum atomic E-state index is 12.5. The zero-order chi connectivity index (χ0) is 14.1. The summed E-state index contributed by atoms with van der Waals surface area (Å²) in [6.07, 6.45) is 3.36. The van der Waals surface area contributed by atoms with Gasteiger partial charge >= 0.3 is 0 Å². The van der Waals surface area contributed by atoms with E-state index >= 15 is 0 Å². The van der Waals surface area contributed by atoms with Crippen LogP contribution in [-0.4, -0.2) is 14.5 Å². The third kappa shape index (κ3) is 2.30. The summed E-state index contributed by atoms with van der Waals surface area (Å²) < 4.78 is 2.30. The van der Waals surface area contributed by atoms with Crippen LogP contribution in [0.1, 0.15) is 5.56 Å². The van der Waals surface area contributed by atoms with Crippen LogP contribution >= 0.6 is 15.9 Å². The van der Waals surface area contributed by atoms with E-state index in [-0.39, 0.29) is 11.5 Å². The van der Waals surface area contributed by atoms with Gasteiger partial charge in [0.2, 0.25) is 5.95 Å². The van der Waals surface area contributed by atoms with Gasteiger partial charge in [-0.25, -0.2) is 4.98 Å². The molecule has 1 aromatic carbocycles. The lowest BCUT2D eigenvalue weighted by Gasteiger charge is -2.10. The van der Waals surface area contributed by atoms with Crippen LogP contribution in [0, 0.1) is 0 Å². The molecule has 3 aromatic rings. The van der Waals surface area contributed by atoms with Crippen molar-refractivity contribution in [3.63, 3.8) is 0 Å². The molecule has 2 N–H and O–H groups in total. The Morgan fingerprint density at radius 3 is 2.70 bits per heavy atom. The molecule has 3 rings (SSSR count). The van der Waals surface area contributed by atoms with Crippen molar-refractivity contribution in [1.82, 2.24) is 14.5 Å². The van der Waals surface area contributed by atoms with E-state index in [4.69, 9.17) is 5.73 Å². The molecular weight excluding hydrogens is 320 g/mol.